The second-order valence-corrected chi connectivity index (χ2v) is 8.11. The van der Waals surface area contributed by atoms with Gasteiger partial charge >= 0.3 is 0 Å². The monoisotopic (exact) mass is 403 g/mol. The van der Waals surface area contributed by atoms with E-state index in [1.807, 2.05) is 12.1 Å². The first-order valence-electron chi connectivity index (χ1n) is 9.96. The maximum absolute atomic E-state index is 10.6. The van der Waals surface area contributed by atoms with Crippen LogP contribution < -0.4 is 4.74 Å². The normalized spacial score (nSPS) is 17.8. The fourth-order valence-corrected chi connectivity index (χ4v) is 3.74. The quantitative estimate of drug-likeness (QED) is 0.674. The van der Waals surface area contributed by atoms with Crippen LogP contribution in [0.3, 0.4) is 0 Å². The largest absolute Gasteiger partial charge is 0.491 e. The van der Waals surface area contributed by atoms with Crippen molar-refractivity contribution in [3.63, 3.8) is 0 Å². The van der Waals surface area contributed by atoms with Crippen molar-refractivity contribution in [3.8, 4) is 5.75 Å². The molecule has 2 aromatic rings. The maximum Gasteiger partial charge on any atom is 0.119 e. The Balaban J connectivity index is 1.59. The zero-order valence-corrected chi connectivity index (χ0v) is 17.5. The number of hydrogen-bond donors (Lipinski definition) is 1. The van der Waals surface area contributed by atoms with Crippen LogP contribution in [-0.4, -0.2) is 48.5 Å². The molecule has 1 aliphatic heterocycles. The van der Waals surface area contributed by atoms with E-state index in [1.54, 1.807) is 12.1 Å². The second-order valence-electron chi connectivity index (χ2n) is 7.68. The SMILES string of the molecule is Cc1ccc(CN(C[C@@H](O)COc2ccc(Cl)cc2)C[C@H]2CCCO2)c(C)c1. The molecule has 1 saturated heterocycles. The van der Waals surface area contributed by atoms with Crippen molar-refractivity contribution >= 4 is 11.6 Å². The van der Waals surface area contributed by atoms with Gasteiger partial charge in [-0.05, 0) is 62.1 Å². The van der Waals surface area contributed by atoms with Crippen LogP contribution in [0.4, 0.5) is 0 Å². The Morgan fingerprint density at radius 3 is 2.68 bits per heavy atom. The molecular weight excluding hydrogens is 374 g/mol. The molecule has 0 amide bonds. The molecule has 0 unspecified atom stereocenters. The van der Waals surface area contributed by atoms with Gasteiger partial charge in [-0.1, -0.05) is 35.4 Å². The Bertz CT molecular complexity index is 744. The first-order chi connectivity index (χ1) is 13.5. The van der Waals surface area contributed by atoms with Gasteiger partial charge in [0.05, 0.1) is 6.10 Å². The van der Waals surface area contributed by atoms with Gasteiger partial charge in [-0.25, -0.2) is 0 Å². The molecule has 1 N–H and O–H groups in total. The van der Waals surface area contributed by atoms with Crippen molar-refractivity contribution in [1.29, 1.82) is 0 Å². The average Bonchev–Trinajstić information content (AvgIpc) is 3.16. The third-order valence-corrected chi connectivity index (χ3v) is 5.35. The smallest absolute Gasteiger partial charge is 0.119 e. The summed E-state index contributed by atoms with van der Waals surface area (Å²) in [5.74, 6) is 0.712. The van der Waals surface area contributed by atoms with Gasteiger partial charge in [-0.3, -0.25) is 4.90 Å². The summed E-state index contributed by atoms with van der Waals surface area (Å²) in [5, 5.41) is 11.2. The van der Waals surface area contributed by atoms with Crippen LogP contribution in [0.15, 0.2) is 42.5 Å². The fraction of sp³-hybridized carbons (Fsp3) is 0.478. The van der Waals surface area contributed by atoms with Gasteiger partial charge in [0.25, 0.3) is 0 Å². The number of ether oxygens (including phenoxy) is 2. The van der Waals surface area contributed by atoms with E-state index in [9.17, 15) is 5.11 Å². The van der Waals surface area contributed by atoms with Crippen molar-refractivity contribution in [3.05, 3.63) is 64.2 Å². The first-order valence-corrected chi connectivity index (χ1v) is 10.3. The number of rotatable bonds is 9. The molecule has 5 heteroatoms. The zero-order valence-electron chi connectivity index (χ0n) is 16.7. The minimum atomic E-state index is -0.581. The summed E-state index contributed by atoms with van der Waals surface area (Å²) < 4.78 is 11.5. The van der Waals surface area contributed by atoms with E-state index in [2.05, 4.69) is 36.9 Å². The standard InChI is InChI=1S/C23H30ClNO3/c1-17-5-6-19(18(2)12-17)13-25(15-23-4-3-11-27-23)14-21(26)16-28-22-9-7-20(24)8-10-22/h5-10,12,21,23,26H,3-4,11,13-16H2,1-2H3/t21-,23-/m1/s1. The Labute approximate surface area is 173 Å². The zero-order chi connectivity index (χ0) is 19.9. The molecule has 0 bridgehead atoms. The lowest BCUT2D eigenvalue weighted by Crippen LogP contribution is -2.39. The molecule has 152 valence electrons. The van der Waals surface area contributed by atoms with E-state index < -0.39 is 6.10 Å². The molecule has 1 heterocycles. The number of nitrogens with zero attached hydrogens (tertiary/aromatic N) is 1. The summed E-state index contributed by atoms with van der Waals surface area (Å²) >= 11 is 5.90. The number of halogens is 1. The number of hydrogen-bond acceptors (Lipinski definition) is 4. The predicted molar refractivity (Wildman–Crippen MR) is 113 cm³/mol. The molecule has 2 atom stereocenters. The highest BCUT2D eigenvalue weighted by Crippen LogP contribution is 2.19. The summed E-state index contributed by atoms with van der Waals surface area (Å²) in [6.07, 6.45) is 1.86. The fourth-order valence-electron chi connectivity index (χ4n) is 3.62. The first kappa shape index (κ1) is 21.1. The molecule has 0 spiro atoms. The highest BCUT2D eigenvalue weighted by atomic mass is 35.5. The molecule has 1 aliphatic rings. The summed E-state index contributed by atoms with van der Waals surface area (Å²) in [6.45, 7) is 7.50. The van der Waals surface area contributed by atoms with E-state index in [1.165, 1.54) is 16.7 Å². The molecule has 28 heavy (non-hydrogen) atoms. The Kier molecular flexibility index (Phi) is 7.74. The molecule has 0 aromatic heterocycles. The summed E-state index contributed by atoms with van der Waals surface area (Å²) in [7, 11) is 0. The molecule has 0 aliphatic carbocycles. The van der Waals surface area contributed by atoms with Crippen molar-refractivity contribution in [2.45, 2.75) is 45.4 Å². The van der Waals surface area contributed by atoms with Crippen molar-refractivity contribution in [2.24, 2.45) is 0 Å². The van der Waals surface area contributed by atoms with Crippen LogP contribution in [0.5, 0.6) is 5.75 Å². The Hall–Kier alpha value is -1.59. The number of benzene rings is 2. The summed E-state index contributed by atoms with van der Waals surface area (Å²) in [6, 6.07) is 13.7. The van der Waals surface area contributed by atoms with Crippen LogP contribution in [0.1, 0.15) is 29.5 Å². The van der Waals surface area contributed by atoms with E-state index >= 15 is 0 Å². The van der Waals surface area contributed by atoms with Crippen molar-refractivity contribution in [2.75, 3.05) is 26.3 Å². The highest BCUT2D eigenvalue weighted by Gasteiger charge is 2.22. The van der Waals surface area contributed by atoms with Gasteiger partial charge in [0, 0.05) is 31.3 Å². The lowest BCUT2D eigenvalue weighted by molar-refractivity contribution is 0.0313. The summed E-state index contributed by atoms with van der Waals surface area (Å²) in [5.41, 5.74) is 3.84. The van der Waals surface area contributed by atoms with Crippen LogP contribution in [0.2, 0.25) is 5.02 Å². The van der Waals surface area contributed by atoms with Gasteiger partial charge in [0.1, 0.15) is 18.5 Å². The van der Waals surface area contributed by atoms with Gasteiger partial charge < -0.3 is 14.6 Å². The van der Waals surface area contributed by atoms with Crippen LogP contribution in [0, 0.1) is 13.8 Å². The van der Waals surface area contributed by atoms with Crippen molar-refractivity contribution in [1.82, 2.24) is 4.90 Å². The Morgan fingerprint density at radius 2 is 2.00 bits per heavy atom. The van der Waals surface area contributed by atoms with E-state index in [-0.39, 0.29) is 12.7 Å². The number of aryl methyl sites for hydroxylation is 2. The Morgan fingerprint density at radius 1 is 1.21 bits per heavy atom. The third-order valence-electron chi connectivity index (χ3n) is 5.10. The maximum atomic E-state index is 10.6. The minimum absolute atomic E-state index is 0.245. The third kappa shape index (κ3) is 6.49. The molecule has 4 nitrogen and oxygen atoms in total. The van der Waals surface area contributed by atoms with Gasteiger partial charge in [0.15, 0.2) is 0 Å². The van der Waals surface area contributed by atoms with E-state index in [0.717, 1.165) is 32.5 Å². The molecule has 2 aromatic carbocycles. The van der Waals surface area contributed by atoms with E-state index in [0.29, 0.717) is 17.3 Å². The molecular formula is C23H30ClNO3. The molecule has 0 saturated carbocycles. The lowest BCUT2D eigenvalue weighted by Gasteiger charge is -2.28. The van der Waals surface area contributed by atoms with Crippen LogP contribution in [-0.2, 0) is 11.3 Å². The molecule has 1 fully saturated rings. The predicted octanol–water partition coefficient (Wildman–Crippen LogP) is 4.38. The lowest BCUT2D eigenvalue weighted by atomic mass is 10.0. The second kappa shape index (κ2) is 10.3. The summed E-state index contributed by atoms with van der Waals surface area (Å²) in [4.78, 5) is 2.28. The van der Waals surface area contributed by atoms with Gasteiger partial charge in [-0.15, -0.1) is 0 Å². The average molecular weight is 404 g/mol. The topological polar surface area (TPSA) is 41.9 Å². The number of aliphatic hydroxyl groups is 1. The molecule has 0 radical (unpaired) electrons. The van der Waals surface area contributed by atoms with Crippen LogP contribution in [0.25, 0.3) is 0 Å². The van der Waals surface area contributed by atoms with Gasteiger partial charge in [0.2, 0.25) is 0 Å². The number of aliphatic hydroxyl groups excluding tert-OH is 1. The highest BCUT2D eigenvalue weighted by molar-refractivity contribution is 6.30. The van der Waals surface area contributed by atoms with Crippen LogP contribution >= 0.6 is 11.6 Å². The van der Waals surface area contributed by atoms with Gasteiger partial charge in [-0.2, -0.15) is 0 Å². The van der Waals surface area contributed by atoms with E-state index in [4.69, 9.17) is 21.1 Å². The minimum Gasteiger partial charge on any atom is -0.491 e. The van der Waals surface area contributed by atoms with Crippen molar-refractivity contribution < 1.29 is 14.6 Å². The molecule has 3 rings (SSSR count).